The lowest BCUT2D eigenvalue weighted by molar-refractivity contribution is -0.0210. The highest BCUT2D eigenvalue weighted by molar-refractivity contribution is 14.1. The minimum Gasteiger partial charge on any atom is -0.348 e. The van der Waals surface area contributed by atoms with Crippen LogP contribution in [0.15, 0.2) is 103 Å². The van der Waals surface area contributed by atoms with Crippen LogP contribution >= 0.6 is 22.6 Å². The molecule has 38 heavy (non-hydrogen) atoms. The molecular weight excluding hydrogens is 591 g/mol. The molecule has 7 rings (SSSR count). The number of fused-ring (bicyclic) bond motifs is 2. The number of ketones is 4. The third kappa shape index (κ3) is 2.74. The molecule has 184 valence electrons. The number of halogens is 1. The second-order valence-electron chi connectivity index (χ2n) is 9.91. The molecule has 5 nitrogen and oxygen atoms in total. The van der Waals surface area contributed by atoms with E-state index in [1.54, 1.807) is 84.9 Å². The van der Waals surface area contributed by atoms with Crippen molar-refractivity contribution < 1.29 is 23.9 Å². The van der Waals surface area contributed by atoms with Crippen LogP contribution in [0.2, 0.25) is 0 Å². The first-order valence-corrected chi connectivity index (χ1v) is 13.4. The van der Waals surface area contributed by atoms with Crippen LogP contribution < -0.4 is 0 Å². The van der Waals surface area contributed by atoms with Gasteiger partial charge in [-0.25, -0.2) is 0 Å². The van der Waals surface area contributed by atoms with E-state index in [0.717, 1.165) is 3.57 Å². The minimum absolute atomic E-state index is 0.243. The summed E-state index contributed by atoms with van der Waals surface area (Å²) in [6.07, 6.45) is -1.15. The minimum atomic E-state index is -2.06. The second kappa shape index (κ2) is 8.12. The molecule has 3 aliphatic rings. The average molecular weight is 610 g/mol. The summed E-state index contributed by atoms with van der Waals surface area (Å²) in [5, 5.41) is 0. The van der Waals surface area contributed by atoms with Crippen molar-refractivity contribution in [3.8, 4) is 0 Å². The molecule has 0 unspecified atom stereocenters. The molecule has 0 aromatic heterocycles. The van der Waals surface area contributed by atoms with Crippen molar-refractivity contribution in [3.63, 3.8) is 0 Å². The Kier molecular flexibility index (Phi) is 5.00. The molecule has 2 atom stereocenters. The van der Waals surface area contributed by atoms with Crippen LogP contribution in [0, 0.1) is 8.99 Å². The van der Waals surface area contributed by atoms with E-state index in [1.165, 1.54) is 0 Å². The van der Waals surface area contributed by atoms with Gasteiger partial charge in [-0.15, -0.1) is 0 Å². The molecule has 0 radical (unpaired) electrons. The summed E-state index contributed by atoms with van der Waals surface area (Å²) in [6.45, 7) is 0. The Morgan fingerprint density at radius 2 is 0.974 bits per heavy atom. The Balaban J connectivity index is 1.59. The lowest BCUT2D eigenvalue weighted by Gasteiger charge is -2.34. The third-order valence-corrected chi connectivity index (χ3v) is 8.86. The number of Topliss-reactive ketones (excluding diaryl/α,β-unsaturated/α-hetero) is 4. The van der Waals surface area contributed by atoms with Crippen molar-refractivity contribution in [2.24, 2.45) is 5.41 Å². The van der Waals surface area contributed by atoms with Crippen LogP contribution in [0.25, 0.3) is 0 Å². The lowest BCUT2D eigenvalue weighted by Crippen LogP contribution is -2.51. The summed E-state index contributed by atoms with van der Waals surface area (Å²) in [5.74, 6) is -3.06. The maximum Gasteiger partial charge on any atom is 0.204 e. The standard InChI is InChI=1S/C32H19IO5/c33-20-16-14-19(15-17-20)30-31(26(34)21-10-4-5-11-22(21)27(31)35)25(18-8-2-1-3-9-18)32(38-30)28(36)23-12-6-7-13-24(23)29(32)37/h1-17,25,30H/t25-,30+/m0/s1. The summed E-state index contributed by atoms with van der Waals surface area (Å²) in [6, 6.07) is 29.5. The highest BCUT2D eigenvalue weighted by atomic mass is 127. The van der Waals surface area contributed by atoms with E-state index in [-0.39, 0.29) is 22.3 Å². The molecule has 1 saturated heterocycles. The van der Waals surface area contributed by atoms with Gasteiger partial charge in [-0.05, 0) is 45.9 Å². The Morgan fingerprint density at radius 1 is 0.526 bits per heavy atom. The largest absolute Gasteiger partial charge is 0.348 e. The second-order valence-corrected chi connectivity index (χ2v) is 11.2. The molecule has 0 saturated carbocycles. The number of hydrogen-bond acceptors (Lipinski definition) is 5. The van der Waals surface area contributed by atoms with E-state index >= 15 is 0 Å². The van der Waals surface area contributed by atoms with Gasteiger partial charge in [0.1, 0.15) is 11.5 Å². The number of rotatable bonds is 2. The van der Waals surface area contributed by atoms with Gasteiger partial charge in [0.05, 0.1) is 5.92 Å². The molecular formula is C32H19IO5. The van der Waals surface area contributed by atoms with E-state index < -0.39 is 46.2 Å². The highest BCUT2D eigenvalue weighted by Gasteiger charge is 2.79. The monoisotopic (exact) mass is 610 g/mol. The Bertz CT molecular complexity index is 1620. The van der Waals surface area contributed by atoms with E-state index in [4.69, 9.17) is 4.74 Å². The quantitative estimate of drug-likeness (QED) is 0.205. The zero-order valence-electron chi connectivity index (χ0n) is 19.9. The van der Waals surface area contributed by atoms with Gasteiger partial charge in [0.15, 0.2) is 11.6 Å². The fourth-order valence-corrected chi connectivity index (χ4v) is 6.97. The van der Waals surface area contributed by atoms with Crippen LogP contribution in [-0.4, -0.2) is 28.7 Å². The van der Waals surface area contributed by atoms with Gasteiger partial charge in [-0.3, -0.25) is 19.2 Å². The van der Waals surface area contributed by atoms with Crippen LogP contribution in [-0.2, 0) is 4.74 Å². The smallest absolute Gasteiger partial charge is 0.204 e. The number of carbonyl (C=O) groups excluding carboxylic acids is 4. The highest BCUT2D eigenvalue weighted by Crippen LogP contribution is 2.67. The maximum atomic E-state index is 14.6. The predicted octanol–water partition coefficient (Wildman–Crippen LogP) is 6.03. The first kappa shape index (κ1) is 23.4. The molecule has 4 aromatic rings. The first-order chi connectivity index (χ1) is 18.4. The molecule has 6 heteroatoms. The number of carbonyl (C=O) groups is 4. The summed E-state index contributed by atoms with van der Waals surface area (Å²) < 4.78 is 7.64. The van der Waals surface area contributed by atoms with Crippen LogP contribution in [0.5, 0.6) is 0 Å². The lowest BCUT2D eigenvalue weighted by atomic mass is 9.60. The summed E-state index contributed by atoms with van der Waals surface area (Å²) >= 11 is 2.18. The van der Waals surface area contributed by atoms with Crippen LogP contribution in [0.1, 0.15) is 64.6 Å². The van der Waals surface area contributed by atoms with Gasteiger partial charge in [0.25, 0.3) is 0 Å². The molecule has 1 heterocycles. The summed E-state index contributed by atoms with van der Waals surface area (Å²) in [7, 11) is 0. The van der Waals surface area contributed by atoms with Gasteiger partial charge in [0, 0.05) is 25.8 Å². The normalized spacial score (nSPS) is 22.3. The summed E-state index contributed by atoms with van der Waals surface area (Å²) in [5.41, 5.74) is -1.76. The van der Waals surface area contributed by atoms with Crippen molar-refractivity contribution in [2.75, 3.05) is 0 Å². The fraction of sp³-hybridized carbons (Fsp3) is 0.125. The van der Waals surface area contributed by atoms with Crippen LogP contribution in [0.3, 0.4) is 0 Å². The van der Waals surface area contributed by atoms with E-state index in [2.05, 4.69) is 22.6 Å². The molecule has 2 aliphatic carbocycles. The van der Waals surface area contributed by atoms with E-state index in [0.29, 0.717) is 11.1 Å². The Labute approximate surface area is 232 Å². The molecule has 0 amide bonds. The molecule has 1 fully saturated rings. The number of ether oxygens (including phenoxy) is 1. The molecule has 0 N–H and O–H groups in total. The zero-order valence-corrected chi connectivity index (χ0v) is 22.0. The van der Waals surface area contributed by atoms with Crippen molar-refractivity contribution in [1.82, 2.24) is 0 Å². The van der Waals surface area contributed by atoms with Gasteiger partial charge in [-0.1, -0.05) is 91.0 Å². The molecule has 0 bridgehead atoms. The van der Waals surface area contributed by atoms with Crippen molar-refractivity contribution in [2.45, 2.75) is 17.6 Å². The SMILES string of the molecule is O=C1c2ccccc2C(=O)C12O[C@H](c1ccc(I)cc1)C1(C(=O)c3ccccc3C1=O)[C@@H]2c1ccccc1. The zero-order chi connectivity index (χ0) is 26.2. The molecule has 2 spiro atoms. The molecule has 1 aliphatic heterocycles. The Hall–Kier alpha value is -3.75. The van der Waals surface area contributed by atoms with Crippen molar-refractivity contribution >= 4 is 45.7 Å². The van der Waals surface area contributed by atoms with Gasteiger partial charge in [-0.2, -0.15) is 0 Å². The van der Waals surface area contributed by atoms with Gasteiger partial charge < -0.3 is 4.74 Å². The van der Waals surface area contributed by atoms with E-state index in [9.17, 15) is 19.2 Å². The van der Waals surface area contributed by atoms with Crippen LogP contribution in [0.4, 0.5) is 0 Å². The Morgan fingerprint density at radius 3 is 1.47 bits per heavy atom. The molecule has 4 aromatic carbocycles. The topological polar surface area (TPSA) is 77.5 Å². The van der Waals surface area contributed by atoms with Crippen molar-refractivity contribution in [1.29, 1.82) is 0 Å². The van der Waals surface area contributed by atoms with Gasteiger partial charge >= 0.3 is 0 Å². The number of hydrogen-bond donors (Lipinski definition) is 0. The first-order valence-electron chi connectivity index (χ1n) is 12.3. The summed E-state index contributed by atoms with van der Waals surface area (Å²) in [4.78, 5) is 57.7. The van der Waals surface area contributed by atoms with E-state index in [1.807, 2.05) is 18.2 Å². The third-order valence-electron chi connectivity index (χ3n) is 8.14. The fourth-order valence-electron chi connectivity index (χ4n) is 6.61. The predicted molar refractivity (Wildman–Crippen MR) is 148 cm³/mol. The maximum absolute atomic E-state index is 14.6. The van der Waals surface area contributed by atoms with Crippen molar-refractivity contribution in [3.05, 3.63) is 140 Å². The van der Waals surface area contributed by atoms with Gasteiger partial charge in [0.2, 0.25) is 17.2 Å². The number of benzene rings is 4. The average Bonchev–Trinajstić information content (AvgIpc) is 3.48.